The van der Waals surface area contributed by atoms with Gasteiger partial charge in [-0.3, -0.25) is 4.79 Å². The van der Waals surface area contributed by atoms with Crippen molar-refractivity contribution in [3.63, 3.8) is 0 Å². The fraction of sp³-hybridized carbons (Fsp3) is 0.348. The number of piperidine rings is 1. The van der Waals surface area contributed by atoms with Gasteiger partial charge in [0.15, 0.2) is 5.82 Å². The Labute approximate surface area is 174 Å². The SMILES string of the molecule is CN(c1ccc(-c2ccc(-c3cc[nH]c(=O)c3)cc2O)nn1)[C@H]1C[C@H]2CC[C@@H](C1)N2. The predicted octanol–water partition coefficient (Wildman–Crippen LogP) is 2.92. The van der Waals surface area contributed by atoms with Crippen molar-refractivity contribution in [3.05, 3.63) is 59.0 Å². The number of H-pyrrole nitrogens is 1. The van der Waals surface area contributed by atoms with Gasteiger partial charge in [0.05, 0.1) is 5.69 Å². The van der Waals surface area contributed by atoms with E-state index in [0.717, 1.165) is 29.8 Å². The Bertz CT molecular complexity index is 1100. The highest BCUT2D eigenvalue weighted by molar-refractivity contribution is 5.74. The van der Waals surface area contributed by atoms with Gasteiger partial charge in [-0.2, -0.15) is 0 Å². The van der Waals surface area contributed by atoms with Gasteiger partial charge in [0.25, 0.3) is 0 Å². The molecule has 2 saturated heterocycles. The highest BCUT2D eigenvalue weighted by atomic mass is 16.3. The Kier molecular flexibility index (Phi) is 4.75. The largest absolute Gasteiger partial charge is 0.507 e. The third-order valence-electron chi connectivity index (χ3n) is 6.39. The molecule has 4 heterocycles. The van der Waals surface area contributed by atoms with Gasteiger partial charge in [-0.25, -0.2) is 0 Å². The molecule has 3 N–H and O–H groups in total. The lowest BCUT2D eigenvalue weighted by Crippen LogP contribution is -2.47. The maximum Gasteiger partial charge on any atom is 0.248 e. The van der Waals surface area contributed by atoms with Crippen molar-refractivity contribution in [2.75, 3.05) is 11.9 Å². The second-order valence-corrected chi connectivity index (χ2v) is 8.32. The van der Waals surface area contributed by atoms with Crippen molar-refractivity contribution in [1.82, 2.24) is 20.5 Å². The molecule has 0 unspecified atom stereocenters. The van der Waals surface area contributed by atoms with E-state index in [2.05, 4.69) is 32.4 Å². The van der Waals surface area contributed by atoms with E-state index < -0.39 is 0 Å². The second-order valence-electron chi connectivity index (χ2n) is 8.32. The van der Waals surface area contributed by atoms with Crippen LogP contribution in [0.5, 0.6) is 5.75 Å². The minimum absolute atomic E-state index is 0.109. The fourth-order valence-electron chi connectivity index (χ4n) is 4.74. The van der Waals surface area contributed by atoms with Crippen LogP contribution in [0, 0.1) is 0 Å². The lowest BCUT2D eigenvalue weighted by Gasteiger charge is -2.36. The van der Waals surface area contributed by atoms with Crippen LogP contribution in [0.4, 0.5) is 5.82 Å². The molecule has 1 aromatic carbocycles. The summed E-state index contributed by atoms with van der Waals surface area (Å²) in [5, 5.41) is 23.0. The number of aromatic hydroxyl groups is 1. The third kappa shape index (κ3) is 3.57. The van der Waals surface area contributed by atoms with Crippen molar-refractivity contribution in [3.8, 4) is 28.1 Å². The van der Waals surface area contributed by atoms with E-state index >= 15 is 0 Å². The van der Waals surface area contributed by atoms with Crippen molar-refractivity contribution in [1.29, 1.82) is 0 Å². The normalized spacial score (nSPS) is 22.8. The molecule has 3 aromatic rings. The topological polar surface area (TPSA) is 94.1 Å². The van der Waals surface area contributed by atoms with Crippen molar-refractivity contribution >= 4 is 5.82 Å². The molecule has 2 bridgehead atoms. The first-order chi connectivity index (χ1) is 14.6. The number of phenolic OH excluding ortho intramolecular Hbond substituents is 1. The van der Waals surface area contributed by atoms with Crippen molar-refractivity contribution in [2.24, 2.45) is 0 Å². The number of aromatic amines is 1. The standard InChI is InChI=1S/C23H25N5O2/c1-28(18-12-16-3-4-17(13-18)25-16)22-7-6-20(26-27-22)19-5-2-14(10-21(19)29)15-8-9-24-23(30)11-15/h2,5-11,16-18,25,29H,3-4,12-13H2,1H3,(H,24,30)/t16-,17+,18+. The summed E-state index contributed by atoms with van der Waals surface area (Å²) in [5.74, 6) is 0.961. The molecule has 2 aromatic heterocycles. The first-order valence-corrected chi connectivity index (χ1v) is 10.4. The van der Waals surface area contributed by atoms with Gasteiger partial charge in [-0.15, -0.1) is 10.2 Å². The summed E-state index contributed by atoms with van der Waals surface area (Å²) < 4.78 is 0. The number of nitrogens with zero attached hydrogens (tertiary/aromatic N) is 3. The van der Waals surface area contributed by atoms with Crippen LogP contribution in [-0.2, 0) is 0 Å². The molecule has 2 fully saturated rings. The Morgan fingerprint density at radius 1 is 1.00 bits per heavy atom. The third-order valence-corrected chi connectivity index (χ3v) is 6.39. The van der Waals surface area contributed by atoms with Gasteiger partial charge in [-0.1, -0.05) is 6.07 Å². The number of phenols is 1. The number of pyridine rings is 1. The first kappa shape index (κ1) is 18.8. The lowest BCUT2D eigenvalue weighted by atomic mass is 9.98. The van der Waals surface area contributed by atoms with Crippen LogP contribution in [-0.4, -0.2) is 45.5 Å². The quantitative estimate of drug-likeness (QED) is 0.620. The van der Waals surface area contributed by atoms with E-state index in [1.54, 1.807) is 18.3 Å². The lowest BCUT2D eigenvalue weighted by molar-refractivity contribution is 0.353. The zero-order valence-electron chi connectivity index (χ0n) is 16.9. The molecular weight excluding hydrogens is 378 g/mol. The van der Waals surface area contributed by atoms with E-state index in [1.165, 1.54) is 18.9 Å². The molecule has 154 valence electrons. The molecule has 7 heteroatoms. The monoisotopic (exact) mass is 403 g/mol. The molecule has 3 atom stereocenters. The number of fused-ring (bicyclic) bond motifs is 2. The summed E-state index contributed by atoms with van der Waals surface area (Å²) in [6.07, 6.45) is 6.41. The molecule has 2 aliphatic heterocycles. The van der Waals surface area contributed by atoms with Crippen LogP contribution < -0.4 is 15.8 Å². The molecule has 2 aliphatic rings. The Morgan fingerprint density at radius 3 is 2.43 bits per heavy atom. The van der Waals surface area contributed by atoms with Gasteiger partial charge >= 0.3 is 0 Å². The highest BCUT2D eigenvalue weighted by Crippen LogP contribution is 2.33. The van der Waals surface area contributed by atoms with E-state index in [4.69, 9.17) is 0 Å². The number of nitrogens with one attached hydrogen (secondary N) is 2. The molecule has 0 saturated carbocycles. The maximum absolute atomic E-state index is 11.5. The highest BCUT2D eigenvalue weighted by Gasteiger charge is 2.35. The molecule has 0 radical (unpaired) electrons. The molecule has 7 nitrogen and oxygen atoms in total. The van der Waals surface area contributed by atoms with Crippen molar-refractivity contribution < 1.29 is 5.11 Å². The summed E-state index contributed by atoms with van der Waals surface area (Å²) in [7, 11) is 2.09. The Hall–Kier alpha value is -3.19. The maximum atomic E-state index is 11.5. The van der Waals surface area contributed by atoms with Gasteiger partial charge in [0, 0.05) is 43.0 Å². The summed E-state index contributed by atoms with van der Waals surface area (Å²) >= 11 is 0. The van der Waals surface area contributed by atoms with E-state index in [-0.39, 0.29) is 11.3 Å². The zero-order valence-corrected chi connectivity index (χ0v) is 16.9. The number of hydrogen-bond donors (Lipinski definition) is 3. The summed E-state index contributed by atoms with van der Waals surface area (Å²) in [6, 6.07) is 14.2. The molecule has 5 rings (SSSR count). The van der Waals surface area contributed by atoms with Crippen LogP contribution in [0.1, 0.15) is 25.7 Å². The smallest absolute Gasteiger partial charge is 0.248 e. The van der Waals surface area contributed by atoms with Crippen LogP contribution in [0.2, 0.25) is 0 Å². The number of rotatable bonds is 4. The summed E-state index contributed by atoms with van der Waals surface area (Å²) in [5.41, 5.74) is 2.58. The molecular formula is C23H25N5O2. The van der Waals surface area contributed by atoms with Crippen LogP contribution in [0.15, 0.2) is 53.5 Å². The van der Waals surface area contributed by atoms with Gasteiger partial charge < -0.3 is 20.3 Å². The average molecular weight is 403 g/mol. The van der Waals surface area contributed by atoms with Crippen LogP contribution >= 0.6 is 0 Å². The van der Waals surface area contributed by atoms with E-state index in [9.17, 15) is 9.90 Å². The van der Waals surface area contributed by atoms with Crippen LogP contribution in [0.3, 0.4) is 0 Å². The first-order valence-electron chi connectivity index (χ1n) is 10.4. The Balaban J connectivity index is 1.35. The number of aromatic nitrogens is 3. The minimum atomic E-state index is -0.177. The van der Waals surface area contributed by atoms with Crippen LogP contribution in [0.25, 0.3) is 22.4 Å². The van der Waals surface area contributed by atoms with Gasteiger partial charge in [0.1, 0.15) is 5.75 Å². The molecule has 0 aliphatic carbocycles. The van der Waals surface area contributed by atoms with E-state index in [1.807, 2.05) is 24.3 Å². The summed E-state index contributed by atoms with van der Waals surface area (Å²) in [4.78, 5) is 16.4. The summed E-state index contributed by atoms with van der Waals surface area (Å²) in [6.45, 7) is 0. The fourth-order valence-corrected chi connectivity index (χ4v) is 4.74. The number of benzene rings is 1. The van der Waals surface area contributed by atoms with Crippen molar-refractivity contribution in [2.45, 2.75) is 43.8 Å². The van der Waals surface area contributed by atoms with Gasteiger partial charge in [-0.05, 0) is 67.1 Å². The predicted molar refractivity (Wildman–Crippen MR) is 117 cm³/mol. The molecule has 30 heavy (non-hydrogen) atoms. The van der Waals surface area contributed by atoms with E-state index in [0.29, 0.717) is 29.4 Å². The number of anilines is 1. The zero-order chi connectivity index (χ0) is 20.7. The Morgan fingerprint density at radius 2 is 1.77 bits per heavy atom. The number of hydrogen-bond acceptors (Lipinski definition) is 6. The van der Waals surface area contributed by atoms with Gasteiger partial charge in [0.2, 0.25) is 5.56 Å². The second kappa shape index (κ2) is 7.57. The molecule has 0 spiro atoms. The molecule has 0 amide bonds. The minimum Gasteiger partial charge on any atom is -0.507 e. The average Bonchev–Trinajstić information content (AvgIpc) is 3.10.